The summed E-state index contributed by atoms with van der Waals surface area (Å²) in [6, 6.07) is 13.9. The van der Waals surface area contributed by atoms with Gasteiger partial charge in [0.05, 0.1) is 12.7 Å². The molecule has 0 saturated heterocycles. The van der Waals surface area contributed by atoms with Crippen molar-refractivity contribution in [2.24, 2.45) is 0 Å². The molecule has 1 aromatic heterocycles. The molecule has 0 bridgehead atoms. The number of rotatable bonds is 6. The highest BCUT2D eigenvalue weighted by molar-refractivity contribution is 5.94. The molecule has 0 fully saturated rings. The third kappa shape index (κ3) is 3.64. The SMILES string of the molecule is CC[C@H](On1nnc2ccc(C(=O)OC)cc21)C(=O)Nc1ccccc1. The van der Waals surface area contributed by atoms with Crippen LogP contribution in [-0.2, 0) is 9.53 Å². The zero-order valence-corrected chi connectivity index (χ0v) is 14.4. The van der Waals surface area contributed by atoms with Gasteiger partial charge in [-0.25, -0.2) is 4.79 Å². The summed E-state index contributed by atoms with van der Waals surface area (Å²) in [5.74, 6) is -0.778. The number of esters is 1. The van der Waals surface area contributed by atoms with Crippen LogP contribution in [0.15, 0.2) is 48.5 Å². The number of para-hydroxylation sites is 1. The van der Waals surface area contributed by atoms with Crippen LogP contribution in [0, 0.1) is 0 Å². The Labute approximate surface area is 149 Å². The second kappa shape index (κ2) is 7.64. The van der Waals surface area contributed by atoms with Crippen molar-refractivity contribution in [3.8, 4) is 0 Å². The summed E-state index contributed by atoms with van der Waals surface area (Å²) in [5, 5.41) is 10.7. The number of fused-ring (bicyclic) bond motifs is 1. The van der Waals surface area contributed by atoms with Crippen molar-refractivity contribution in [1.29, 1.82) is 0 Å². The maximum Gasteiger partial charge on any atom is 0.337 e. The van der Waals surface area contributed by atoms with Gasteiger partial charge in [0.25, 0.3) is 5.91 Å². The van der Waals surface area contributed by atoms with Crippen molar-refractivity contribution in [1.82, 2.24) is 15.2 Å². The van der Waals surface area contributed by atoms with E-state index in [1.807, 2.05) is 25.1 Å². The van der Waals surface area contributed by atoms with Gasteiger partial charge in [0, 0.05) is 5.69 Å². The maximum absolute atomic E-state index is 12.5. The number of benzene rings is 2. The Morgan fingerprint density at radius 1 is 1.19 bits per heavy atom. The fourth-order valence-electron chi connectivity index (χ4n) is 2.39. The van der Waals surface area contributed by atoms with E-state index in [1.165, 1.54) is 7.11 Å². The van der Waals surface area contributed by atoms with E-state index in [2.05, 4.69) is 15.6 Å². The van der Waals surface area contributed by atoms with E-state index >= 15 is 0 Å². The lowest BCUT2D eigenvalue weighted by molar-refractivity contribution is -0.128. The summed E-state index contributed by atoms with van der Waals surface area (Å²) in [5.41, 5.74) is 2.03. The molecule has 26 heavy (non-hydrogen) atoms. The zero-order valence-electron chi connectivity index (χ0n) is 14.4. The van der Waals surface area contributed by atoms with Gasteiger partial charge < -0.3 is 14.9 Å². The van der Waals surface area contributed by atoms with Crippen LogP contribution in [-0.4, -0.2) is 40.2 Å². The molecule has 0 aliphatic rings. The molecule has 134 valence electrons. The van der Waals surface area contributed by atoms with E-state index in [1.54, 1.807) is 30.3 Å². The maximum atomic E-state index is 12.5. The Bertz CT molecular complexity index is 923. The Morgan fingerprint density at radius 3 is 2.65 bits per heavy atom. The molecule has 3 rings (SSSR count). The van der Waals surface area contributed by atoms with Crippen LogP contribution >= 0.6 is 0 Å². The smallest absolute Gasteiger partial charge is 0.337 e. The van der Waals surface area contributed by atoms with Crippen molar-refractivity contribution in [2.75, 3.05) is 12.4 Å². The number of methoxy groups -OCH3 is 1. The number of hydrogen-bond acceptors (Lipinski definition) is 6. The first-order valence-corrected chi connectivity index (χ1v) is 8.09. The molecule has 0 saturated carbocycles. The van der Waals surface area contributed by atoms with Gasteiger partial charge in [-0.1, -0.05) is 30.0 Å². The van der Waals surface area contributed by atoms with Gasteiger partial charge >= 0.3 is 5.97 Å². The van der Waals surface area contributed by atoms with Crippen LogP contribution in [0.25, 0.3) is 11.0 Å². The van der Waals surface area contributed by atoms with Crippen LogP contribution in [0.2, 0.25) is 0 Å². The molecule has 0 spiro atoms. The van der Waals surface area contributed by atoms with E-state index in [4.69, 9.17) is 9.57 Å². The number of aromatic nitrogens is 3. The molecule has 1 amide bonds. The van der Waals surface area contributed by atoms with Gasteiger partial charge in [0.1, 0.15) is 11.0 Å². The Kier molecular flexibility index (Phi) is 5.12. The molecule has 0 unspecified atom stereocenters. The second-order valence-corrected chi connectivity index (χ2v) is 5.52. The molecule has 8 heteroatoms. The van der Waals surface area contributed by atoms with Crippen molar-refractivity contribution >= 4 is 28.6 Å². The van der Waals surface area contributed by atoms with Crippen LogP contribution in [0.1, 0.15) is 23.7 Å². The third-order valence-electron chi connectivity index (χ3n) is 3.77. The normalized spacial score (nSPS) is 11.8. The topological polar surface area (TPSA) is 95.3 Å². The first kappa shape index (κ1) is 17.4. The number of carbonyl (C=O) groups excluding carboxylic acids is 2. The van der Waals surface area contributed by atoms with E-state index in [9.17, 15) is 9.59 Å². The molecule has 0 radical (unpaired) electrons. The summed E-state index contributed by atoms with van der Waals surface area (Å²) in [6.45, 7) is 1.83. The largest absolute Gasteiger partial charge is 0.465 e. The summed E-state index contributed by atoms with van der Waals surface area (Å²) in [7, 11) is 1.31. The Hall–Kier alpha value is -3.42. The fraction of sp³-hybridized carbons (Fsp3) is 0.222. The second-order valence-electron chi connectivity index (χ2n) is 5.52. The van der Waals surface area contributed by atoms with Crippen molar-refractivity contribution < 1.29 is 19.2 Å². The molecule has 3 aromatic rings. The van der Waals surface area contributed by atoms with Gasteiger partial charge in [-0.2, -0.15) is 0 Å². The van der Waals surface area contributed by atoms with Gasteiger partial charge in [-0.05, 0) is 42.0 Å². The van der Waals surface area contributed by atoms with E-state index in [-0.39, 0.29) is 5.91 Å². The monoisotopic (exact) mass is 354 g/mol. The molecule has 0 aliphatic heterocycles. The fourth-order valence-corrected chi connectivity index (χ4v) is 2.39. The number of carbonyl (C=O) groups is 2. The number of amides is 1. The number of nitrogens with zero attached hydrogens (tertiary/aromatic N) is 3. The van der Waals surface area contributed by atoms with Gasteiger partial charge in [0.15, 0.2) is 0 Å². The highest BCUT2D eigenvalue weighted by Gasteiger charge is 2.21. The first-order chi connectivity index (χ1) is 12.6. The van der Waals surface area contributed by atoms with Gasteiger partial charge in [-0.15, -0.1) is 5.10 Å². The molecular weight excluding hydrogens is 336 g/mol. The standard InChI is InChI=1S/C18H18N4O4/c1-3-16(17(23)19-13-7-5-4-6-8-13)26-22-15-11-12(18(24)25-2)9-10-14(15)20-21-22/h4-11,16H,3H2,1-2H3,(H,19,23)/t16-/m0/s1. The number of nitrogens with one attached hydrogen (secondary N) is 1. The summed E-state index contributed by atoms with van der Waals surface area (Å²) in [6.07, 6.45) is -0.349. The minimum absolute atomic E-state index is 0.300. The number of anilines is 1. The Morgan fingerprint density at radius 2 is 1.96 bits per heavy atom. The Balaban J connectivity index is 1.81. The minimum atomic E-state index is -0.776. The quantitative estimate of drug-likeness (QED) is 0.681. The highest BCUT2D eigenvalue weighted by atomic mass is 16.7. The average molecular weight is 354 g/mol. The molecule has 2 aromatic carbocycles. The van der Waals surface area contributed by atoms with E-state index in [0.29, 0.717) is 28.7 Å². The minimum Gasteiger partial charge on any atom is -0.465 e. The van der Waals surface area contributed by atoms with E-state index < -0.39 is 12.1 Å². The lowest BCUT2D eigenvalue weighted by Crippen LogP contribution is -2.37. The predicted molar refractivity (Wildman–Crippen MR) is 94.6 cm³/mol. The van der Waals surface area contributed by atoms with Crippen LogP contribution in [0.5, 0.6) is 0 Å². The lowest BCUT2D eigenvalue weighted by Gasteiger charge is -2.16. The average Bonchev–Trinajstić information content (AvgIpc) is 3.08. The molecule has 8 nitrogen and oxygen atoms in total. The number of ether oxygens (including phenoxy) is 1. The van der Waals surface area contributed by atoms with E-state index in [0.717, 1.165) is 4.85 Å². The van der Waals surface area contributed by atoms with Crippen LogP contribution < -0.4 is 10.2 Å². The summed E-state index contributed by atoms with van der Waals surface area (Å²) < 4.78 is 4.71. The lowest BCUT2D eigenvalue weighted by atomic mass is 10.2. The third-order valence-corrected chi connectivity index (χ3v) is 3.77. The van der Waals surface area contributed by atoms with Crippen molar-refractivity contribution in [3.63, 3.8) is 0 Å². The predicted octanol–water partition coefficient (Wildman–Crippen LogP) is 2.06. The van der Waals surface area contributed by atoms with Crippen LogP contribution in [0.4, 0.5) is 5.69 Å². The molecule has 1 atom stereocenters. The van der Waals surface area contributed by atoms with Gasteiger partial charge in [-0.3, -0.25) is 4.79 Å². The molecular formula is C18H18N4O4. The summed E-state index contributed by atoms with van der Waals surface area (Å²) >= 11 is 0. The molecule has 0 aliphatic carbocycles. The molecule has 1 N–H and O–H groups in total. The van der Waals surface area contributed by atoms with Crippen molar-refractivity contribution in [3.05, 3.63) is 54.1 Å². The first-order valence-electron chi connectivity index (χ1n) is 8.09. The highest BCUT2D eigenvalue weighted by Crippen LogP contribution is 2.15. The zero-order chi connectivity index (χ0) is 18.5. The van der Waals surface area contributed by atoms with Crippen molar-refractivity contribution in [2.45, 2.75) is 19.4 Å². The van der Waals surface area contributed by atoms with Gasteiger partial charge in [0.2, 0.25) is 6.10 Å². The molecule has 1 heterocycles. The van der Waals surface area contributed by atoms with Crippen LogP contribution in [0.3, 0.4) is 0 Å². The summed E-state index contributed by atoms with van der Waals surface area (Å²) in [4.78, 5) is 31.0. The number of hydrogen-bond donors (Lipinski definition) is 1.